The molecule has 1 aromatic rings. The van der Waals surface area contributed by atoms with Crippen LogP contribution in [0.4, 0.5) is 0 Å². The van der Waals surface area contributed by atoms with Gasteiger partial charge in [0.2, 0.25) is 0 Å². The third kappa shape index (κ3) is 2.22. The number of likely N-dealkylation sites (tertiary alicyclic amines) is 1. The molecule has 1 saturated heterocycles. The number of carboxylic acid groups (broad SMARTS) is 1. The van der Waals surface area contributed by atoms with Gasteiger partial charge in [-0.1, -0.05) is 6.07 Å². The molecule has 4 heteroatoms. The van der Waals surface area contributed by atoms with Crippen LogP contribution in [-0.4, -0.2) is 34.0 Å². The summed E-state index contributed by atoms with van der Waals surface area (Å²) in [5.41, 5.74) is 0.555. The average Bonchev–Trinajstić information content (AvgIpc) is 2.63. The lowest BCUT2D eigenvalue weighted by Gasteiger charge is -2.19. The number of aliphatic carboxylic acids is 1. The van der Waals surface area contributed by atoms with Crippen LogP contribution < -0.4 is 0 Å². The first-order valence-corrected chi connectivity index (χ1v) is 5.45. The SMILES string of the molecule is CC1(C(=O)O)CCN(Cc2cccnc2)C1. The molecule has 0 aromatic carbocycles. The van der Waals surface area contributed by atoms with Gasteiger partial charge in [0.1, 0.15) is 0 Å². The van der Waals surface area contributed by atoms with Gasteiger partial charge >= 0.3 is 5.97 Å². The van der Waals surface area contributed by atoms with E-state index in [1.54, 1.807) is 6.20 Å². The Morgan fingerprint density at radius 2 is 2.50 bits per heavy atom. The number of nitrogens with zero attached hydrogens (tertiary/aromatic N) is 2. The van der Waals surface area contributed by atoms with E-state index in [9.17, 15) is 4.79 Å². The Labute approximate surface area is 94.9 Å². The van der Waals surface area contributed by atoms with Crippen molar-refractivity contribution in [3.8, 4) is 0 Å². The van der Waals surface area contributed by atoms with Crippen molar-refractivity contribution in [2.24, 2.45) is 5.41 Å². The van der Waals surface area contributed by atoms with Crippen molar-refractivity contribution in [1.29, 1.82) is 0 Å². The van der Waals surface area contributed by atoms with Crippen LogP contribution >= 0.6 is 0 Å². The van der Waals surface area contributed by atoms with Gasteiger partial charge in [0.25, 0.3) is 0 Å². The predicted octanol–water partition coefficient (Wildman–Crippen LogP) is 1.38. The fraction of sp³-hybridized carbons (Fsp3) is 0.500. The van der Waals surface area contributed by atoms with Gasteiger partial charge in [-0.2, -0.15) is 0 Å². The molecular formula is C12H16N2O2. The van der Waals surface area contributed by atoms with Gasteiger partial charge in [-0.3, -0.25) is 14.7 Å². The number of hydrogen-bond donors (Lipinski definition) is 1. The van der Waals surface area contributed by atoms with Crippen LogP contribution in [0.5, 0.6) is 0 Å². The van der Waals surface area contributed by atoms with Crippen molar-refractivity contribution >= 4 is 5.97 Å². The molecule has 16 heavy (non-hydrogen) atoms. The summed E-state index contributed by atoms with van der Waals surface area (Å²) in [7, 11) is 0. The second-order valence-electron chi connectivity index (χ2n) is 4.69. The number of carboxylic acids is 1. The van der Waals surface area contributed by atoms with Crippen LogP contribution in [-0.2, 0) is 11.3 Å². The molecule has 0 bridgehead atoms. The number of carbonyl (C=O) groups is 1. The van der Waals surface area contributed by atoms with Gasteiger partial charge in [-0.25, -0.2) is 0 Å². The molecule has 1 aromatic heterocycles. The monoisotopic (exact) mass is 220 g/mol. The highest BCUT2D eigenvalue weighted by Crippen LogP contribution is 2.30. The van der Waals surface area contributed by atoms with Crippen molar-refractivity contribution in [2.75, 3.05) is 13.1 Å². The fourth-order valence-corrected chi connectivity index (χ4v) is 2.12. The Balaban J connectivity index is 1.98. The normalized spacial score (nSPS) is 25.8. The molecule has 1 aliphatic rings. The van der Waals surface area contributed by atoms with Crippen LogP contribution in [0.3, 0.4) is 0 Å². The maximum absolute atomic E-state index is 11.1. The van der Waals surface area contributed by atoms with Crippen LogP contribution in [0.25, 0.3) is 0 Å². The molecule has 0 saturated carbocycles. The molecule has 0 spiro atoms. The van der Waals surface area contributed by atoms with E-state index < -0.39 is 11.4 Å². The third-order valence-corrected chi connectivity index (χ3v) is 3.20. The van der Waals surface area contributed by atoms with Crippen LogP contribution in [0.1, 0.15) is 18.9 Å². The Bertz CT molecular complexity index is 380. The number of rotatable bonds is 3. The number of pyridine rings is 1. The summed E-state index contributed by atoms with van der Waals surface area (Å²) in [6, 6.07) is 3.92. The molecule has 0 radical (unpaired) electrons. The number of hydrogen-bond acceptors (Lipinski definition) is 3. The highest BCUT2D eigenvalue weighted by atomic mass is 16.4. The lowest BCUT2D eigenvalue weighted by molar-refractivity contribution is -0.147. The first-order valence-electron chi connectivity index (χ1n) is 5.45. The largest absolute Gasteiger partial charge is 0.481 e. The van der Waals surface area contributed by atoms with Crippen LogP contribution in [0.15, 0.2) is 24.5 Å². The zero-order valence-corrected chi connectivity index (χ0v) is 9.39. The molecule has 2 heterocycles. The van der Waals surface area contributed by atoms with Crippen molar-refractivity contribution in [2.45, 2.75) is 19.9 Å². The second kappa shape index (κ2) is 4.22. The molecule has 4 nitrogen and oxygen atoms in total. The fourth-order valence-electron chi connectivity index (χ4n) is 2.12. The molecule has 1 N–H and O–H groups in total. The Morgan fingerprint density at radius 3 is 3.06 bits per heavy atom. The average molecular weight is 220 g/mol. The maximum atomic E-state index is 11.1. The van der Waals surface area contributed by atoms with E-state index in [0.29, 0.717) is 6.54 Å². The molecule has 1 atom stereocenters. The molecule has 1 unspecified atom stereocenters. The zero-order chi connectivity index (χ0) is 11.6. The van der Waals surface area contributed by atoms with Crippen molar-refractivity contribution in [3.63, 3.8) is 0 Å². The van der Waals surface area contributed by atoms with E-state index in [0.717, 1.165) is 25.1 Å². The molecule has 2 rings (SSSR count). The minimum atomic E-state index is -0.693. The highest BCUT2D eigenvalue weighted by molar-refractivity contribution is 5.74. The topological polar surface area (TPSA) is 53.4 Å². The molecular weight excluding hydrogens is 204 g/mol. The minimum Gasteiger partial charge on any atom is -0.481 e. The Hall–Kier alpha value is -1.42. The van der Waals surface area contributed by atoms with Gasteiger partial charge in [0, 0.05) is 25.5 Å². The quantitative estimate of drug-likeness (QED) is 0.836. The van der Waals surface area contributed by atoms with Crippen LogP contribution in [0.2, 0.25) is 0 Å². The van der Waals surface area contributed by atoms with E-state index in [2.05, 4.69) is 9.88 Å². The molecule has 1 fully saturated rings. The Kier molecular flexibility index (Phi) is 2.92. The first-order chi connectivity index (χ1) is 7.60. The predicted molar refractivity (Wildman–Crippen MR) is 59.9 cm³/mol. The standard InChI is InChI=1S/C12H16N2O2/c1-12(11(15)16)4-6-14(9-12)8-10-3-2-5-13-7-10/h2-3,5,7H,4,6,8-9H2,1H3,(H,15,16). The Morgan fingerprint density at radius 1 is 1.69 bits per heavy atom. The zero-order valence-electron chi connectivity index (χ0n) is 9.39. The lowest BCUT2D eigenvalue weighted by atomic mass is 9.90. The van der Waals surface area contributed by atoms with Crippen molar-refractivity contribution < 1.29 is 9.90 Å². The summed E-state index contributed by atoms with van der Waals surface area (Å²) < 4.78 is 0. The van der Waals surface area contributed by atoms with Crippen LogP contribution in [0, 0.1) is 5.41 Å². The third-order valence-electron chi connectivity index (χ3n) is 3.20. The molecule has 86 valence electrons. The molecule has 0 amide bonds. The lowest BCUT2D eigenvalue weighted by Crippen LogP contribution is -2.31. The first kappa shape index (κ1) is 11.1. The van der Waals surface area contributed by atoms with E-state index in [1.807, 2.05) is 25.3 Å². The van der Waals surface area contributed by atoms with Gasteiger partial charge in [-0.15, -0.1) is 0 Å². The summed E-state index contributed by atoms with van der Waals surface area (Å²) in [6.07, 6.45) is 4.30. The molecule has 0 aliphatic carbocycles. The second-order valence-corrected chi connectivity index (χ2v) is 4.69. The summed E-state index contributed by atoms with van der Waals surface area (Å²) in [6.45, 7) is 4.07. The number of aromatic nitrogens is 1. The van der Waals surface area contributed by atoms with Crippen molar-refractivity contribution in [1.82, 2.24) is 9.88 Å². The summed E-state index contributed by atoms with van der Waals surface area (Å²) in [5.74, 6) is -0.693. The van der Waals surface area contributed by atoms with E-state index in [4.69, 9.17) is 5.11 Å². The van der Waals surface area contributed by atoms with E-state index in [-0.39, 0.29) is 0 Å². The highest BCUT2D eigenvalue weighted by Gasteiger charge is 2.40. The minimum absolute atomic E-state index is 0.581. The van der Waals surface area contributed by atoms with Gasteiger partial charge in [0.15, 0.2) is 0 Å². The summed E-state index contributed by atoms with van der Waals surface area (Å²) >= 11 is 0. The van der Waals surface area contributed by atoms with Crippen molar-refractivity contribution in [3.05, 3.63) is 30.1 Å². The maximum Gasteiger partial charge on any atom is 0.310 e. The van der Waals surface area contributed by atoms with E-state index >= 15 is 0 Å². The van der Waals surface area contributed by atoms with Gasteiger partial charge in [0.05, 0.1) is 5.41 Å². The van der Waals surface area contributed by atoms with Gasteiger partial charge < -0.3 is 5.11 Å². The van der Waals surface area contributed by atoms with Gasteiger partial charge in [-0.05, 0) is 31.5 Å². The molecule has 1 aliphatic heterocycles. The summed E-state index contributed by atoms with van der Waals surface area (Å²) in [4.78, 5) is 17.3. The summed E-state index contributed by atoms with van der Waals surface area (Å²) in [5, 5.41) is 9.12. The van der Waals surface area contributed by atoms with E-state index in [1.165, 1.54) is 0 Å². The smallest absolute Gasteiger partial charge is 0.310 e.